The largest absolute Gasteiger partial charge is 0.493 e. The fourth-order valence-corrected chi connectivity index (χ4v) is 1.96. The van der Waals surface area contributed by atoms with Crippen molar-refractivity contribution in [2.24, 2.45) is 0 Å². The van der Waals surface area contributed by atoms with Crippen molar-refractivity contribution in [1.82, 2.24) is 10.6 Å². The lowest BCUT2D eigenvalue weighted by Gasteiger charge is -2.12. The van der Waals surface area contributed by atoms with Crippen LogP contribution in [-0.2, 0) is 11.3 Å². The van der Waals surface area contributed by atoms with Crippen LogP contribution in [0.2, 0.25) is 5.02 Å². The molecule has 0 aliphatic carbocycles. The molecule has 1 rings (SSSR count). The number of ether oxygens (including phenoxy) is 1. The number of rotatable bonds is 9. The Labute approximate surface area is 125 Å². The second-order valence-corrected chi connectivity index (χ2v) is 4.99. The summed E-state index contributed by atoms with van der Waals surface area (Å²) in [5.41, 5.74) is 1.05. The number of carbonyl (C=O) groups is 1. The number of amides is 1. The first kappa shape index (κ1) is 16.8. The molecule has 0 saturated heterocycles. The van der Waals surface area contributed by atoms with E-state index in [0.717, 1.165) is 30.8 Å². The number of benzene rings is 1. The molecule has 0 spiro atoms. The molecule has 0 heterocycles. The van der Waals surface area contributed by atoms with Crippen LogP contribution in [0.25, 0.3) is 0 Å². The predicted octanol–water partition coefficient (Wildman–Crippen LogP) is 2.74. The SMILES string of the molecule is CCCNCc1cc(Cl)ccc1OCCCC(=O)NC. The van der Waals surface area contributed by atoms with Gasteiger partial charge in [0.15, 0.2) is 0 Å². The summed E-state index contributed by atoms with van der Waals surface area (Å²) in [4.78, 5) is 11.1. The minimum atomic E-state index is 0.0366. The van der Waals surface area contributed by atoms with Gasteiger partial charge in [-0.05, 0) is 37.6 Å². The second-order valence-electron chi connectivity index (χ2n) is 4.55. The highest BCUT2D eigenvalue weighted by Crippen LogP contribution is 2.23. The van der Waals surface area contributed by atoms with Crippen molar-refractivity contribution < 1.29 is 9.53 Å². The van der Waals surface area contributed by atoms with Crippen molar-refractivity contribution in [1.29, 1.82) is 0 Å². The lowest BCUT2D eigenvalue weighted by atomic mass is 10.2. The van der Waals surface area contributed by atoms with Crippen LogP contribution < -0.4 is 15.4 Å². The fraction of sp³-hybridized carbons (Fsp3) is 0.533. The van der Waals surface area contributed by atoms with Crippen molar-refractivity contribution in [2.45, 2.75) is 32.7 Å². The monoisotopic (exact) mass is 298 g/mol. The standard InChI is InChI=1S/C15H23ClN2O2/c1-3-8-18-11-12-10-13(16)6-7-14(12)20-9-4-5-15(19)17-2/h6-7,10,18H,3-5,8-9,11H2,1-2H3,(H,17,19). The molecule has 0 radical (unpaired) electrons. The maximum absolute atomic E-state index is 11.1. The van der Waals surface area contributed by atoms with Crippen LogP contribution in [0.3, 0.4) is 0 Å². The molecule has 0 aliphatic heterocycles. The molecule has 1 amide bonds. The predicted molar refractivity (Wildman–Crippen MR) is 82.2 cm³/mol. The summed E-state index contributed by atoms with van der Waals surface area (Å²) >= 11 is 6.02. The average molecular weight is 299 g/mol. The first-order valence-electron chi connectivity index (χ1n) is 7.00. The molecule has 1 aromatic rings. The molecular formula is C15H23ClN2O2. The summed E-state index contributed by atoms with van der Waals surface area (Å²) in [6.07, 6.45) is 2.26. The molecule has 0 aromatic heterocycles. The Bertz CT molecular complexity index is 424. The Hall–Kier alpha value is -1.26. The fourth-order valence-electron chi connectivity index (χ4n) is 1.77. The summed E-state index contributed by atoms with van der Waals surface area (Å²) in [7, 11) is 1.64. The van der Waals surface area contributed by atoms with Gasteiger partial charge in [-0.2, -0.15) is 0 Å². The van der Waals surface area contributed by atoms with Crippen molar-refractivity contribution in [3.63, 3.8) is 0 Å². The van der Waals surface area contributed by atoms with Gasteiger partial charge in [0.25, 0.3) is 0 Å². The van der Waals surface area contributed by atoms with Gasteiger partial charge in [-0.3, -0.25) is 4.79 Å². The third-order valence-corrected chi connectivity index (χ3v) is 3.08. The molecule has 0 unspecified atom stereocenters. The van der Waals surface area contributed by atoms with Gasteiger partial charge < -0.3 is 15.4 Å². The van der Waals surface area contributed by atoms with E-state index in [9.17, 15) is 4.79 Å². The highest BCUT2D eigenvalue weighted by Gasteiger charge is 2.05. The Morgan fingerprint density at radius 1 is 1.40 bits per heavy atom. The summed E-state index contributed by atoms with van der Waals surface area (Å²) in [6.45, 7) is 4.35. The first-order chi connectivity index (χ1) is 9.67. The van der Waals surface area contributed by atoms with Crippen molar-refractivity contribution in [3.8, 4) is 5.75 Å². The van der Waals surface area contributed by atoms with Crippen LogP contribution in [0.1, 0.15) is 31.7 Å². The zero-order chi connectivity index (χ0) is 14.8. The molecule has 0 saturated carbocycles. The molecule has 20 heavy (non-hydrogen) atoms. The maximum Gasteiger partial charge on any atom is 0.219 e. The summed E-state index contributed by atoms with van der Waals surface area (Å²) in [5.74, 6) is 0.865. The number of hydrogen-bond donors (Lipinski definition) is 2. The van der Waals surface area contributed by atoms with Gasteiger partial charge in [0.2, 0.25) is 5.91 Å². The number of halogens is 1. The van der Waals surface area contributed by atoms with Gasteiger partial charge in [0.05, 0.1) is 6.61 Å². The normalized spacial score (nSPS) is 10.3. The molecule has 5 heteroatoms. The topological polar surface area (TPSA) is 50.4 Å². The van der Waals surface area contributed by atoms with Gasteiger partial charge in [-0.15, -0.1) is 0 Å². The maximum atomic E-state index is 11.1. The van der Waals surface area contributed by atoms with E-state index in [1.807, 2.05) is 18.2 Å². The van der Waals surface area contributed by atoms with E-state index in [4.69, 9.17) is 16.3 Å². The van der Waals surface area contributed by atoms with Gasteiger partial charge in [-0.1, -0.05) is 18.5 Å². The van der Waals surface area contributed by atoms with Crippen LogP contribution in [0.15, 0.2) is 18.2 Å². The van der Waals surface area contributed by atoms with E-state index >= 15 is 0 Å². The Morgan fingerprint density at radius 2 is 2.20 bits per heavy atom. The number of nitrogens with one attached hydrogen (secondary N) is 2. The van der Waals surface area contributed by atoms with Crippen LogP contribution in [-0.4, -0.2) is 26.1 Å². The molecule has 0 bridgehead atoms. The van der Waals surface area contributed by atoms with Gasteiger partial charge in [-0.25, -0.2) is 0 Å². The third-order valence-electron chi connectivity index (χ3n) is 2.85. The Kier molecular flexibility index (Phi) is 8.07. The summed E-state index contributed by atoms with van der Waals surface area (Å²) in [5, 5.41) is 6.63. The first-order valence-corrected chi connectivity index (χ1v) is 7.37. The molecule has 0 aliphatic rings. The minimum absolute atomic E-state index is 0.0366. The Balaban J connectivity index is 2.48. The minimum Gasteiger partial charge on any atom is -0.493 e. The van der Waals surface area contributed by atoms with Crippen LogP contribution in [0.5, 0.6) is 5.75 Å². The van der Waals surface area contributed by atoms with E-state index in [1.54, 1.807) is 7.05 Å². The molecule has 4 nitrogen and oxygen atoms in total. The molecule has 0 atom stereocenters. The van der Waals surface area contributed by atoms with Gasteiger partial charge in [0.1, 0.15) is 5.75 Å². The van der Waals surface area contributed by atoms with Crippen LogP contribution in [0.4, 0.5) is 0 Å². The zero-order valence-corrected chi connectivity index (χ0v) is 12.9. The molecule has 1 aromatic carbocycles. The second kappa shape index (κ2) is 9.61. The van der Waals surface area contributed by atoms with E-state index < -0.39 is 0 Å². The van der Waals surface area contributed by atoms with Crippen LogP contribution in [0, 0.1) is 0 Å². The molecule has 2 N–H and O–H groups in total. The zero-order valence-electron chi connectivity index (χ0n) is 12.2. The van der Waals surface area contributed by atoms with Crippen molar-refractivity contribution in [3.05, 3.63) is 28.8 Å². The third kappa shape index (κ3) is 6.26. The summed E-state index contributed by atoms with van der Waals surface area (Å²) in [6, 6.07) is 5.61. The average Bonchev–Trinajstić information content (AvgIpc) is 2.45. The van der Waals surface area contributed by atoms with Crippen LogP contribution >= 0.6 is 11.6 Å². The lowest BCUT2D eigenvalue weighted by Crippen LogP contribution is -2.18. The Morgan fingerprint density at radius 3 is 2.90 bits per heavy atom. The van der Waals surface area contributed by atoms with Crippen molar-refractivity contribution in [2.75, 3.05) is 20.2 Å². The number of carbonyl (C=O) groups excluding carboxylic acids is 1. The van der Waals surface area contributed by atoms with Gasteiger partial charge in [0, 0.05) is 30.6 Å². The smallest absolute Gasteiger partial charge is 0.219 e. The highest BCUT2D eigenvalue weighted by molar-refractivity contribution is 6.30. The van der Waals surface area contributed by atoms with Gasteiger partial charge >= 0.3 is 0 Å². The quantitative estimate of drug-likeness (QED) is 0.689. The molecule has 0 fully saturated rings. The molecule has 112 valence electrons. The van der Waals surface area contributed by atoms with E-state index in [-0.39, 0.29) is 5.91 Å². The summed E-state index contributed by atoms with van der Waals surface area (Å²) < 4.78 is 5.74. The highest BCUT2D eigenvalue weighted by atomic mass is 35.5. The van der Waals surface area contributed by atoms with E-state index in [0.29, 0.717) is 24.5 Å². The van der Waals surface area contributed by atoms with Crippen molar-refractivity contribution >= 4 is 17.5 Å². The van der Waals surface area contributed by atoms with E-state index in [2.05, 4.69) is 17.6 Å². The number of hydrogen-bond acceptors (Lipinski definition) is 3. The lowest BCUT2D eigenvalue weighted by molar-refractivity contribution is -0.120. The molecular weight excluding hydrogens is 276 g/mol. The van der Waals surface area contributed by atoms with E-state index in [1.165, 1.54) is 0 Å².